The van der Waals surface area contributed by atoms with Crippen LogP contribution in [0.1, 0.15) is 33.1 Å². The van der Waals surface area contributed by atoms with Crippen LogP contribution in [0.15, 0.2) is 72.8 Å². The molecule has 1 saturated heterocycles. The van der Waals surface area contributed by atoms with E-state index in [1.165, 1.54) is 22.8 Å². The fourth-order valence-corrected chi connectivity index (χ4v) is 4.01. The molecule has 0 N–H and O–H groups in total. The van der Waals surface area contributed by atoms with Crippen molar-refractivity contribution in [1.82, 2.24) is 9.80 Å². The van der Waals surface area contributed by atoms with Crippen LogP contribution in [0.25, 0.3) is 0 Å². The highest BCUT2D eigenvalue weighted by molar-refractivity contribution is 5.94. The molecule has 3 aromatic carbocycles. The topological polar surface area (TPSA) is 23.6 Å². The Morgan fingerprint density at radius 3 is 2.10 bits per heavy atom. The third-order valence-electron chi connectivity index (χ3n) is 5.64. The number of carbonyl (C=O) groups is 1. The molecule has 30 heavy (non-hydrogen) atoms. The van der Waals surface area contributed by atoms with Crippen LogP contribution in [0.2, 0.25) is 0 Å². The minimum atomic E-state index is -0.816. The molecule has 1 amide bonds. The van der Waals surface area contributed by atoms with E-state index in [0.717, 1.165) is 12.1 Å². The number of benzene rings is 3. The van der Waals surface area contributed by atoms with Crippen molar-refractivity contribution in [2.24, 2.45) is 0 Å². The minimum Gasteiger partial charge on any atom is -0.336 e. The van der Waals surface area contributed by atoms with E-state index in [-0.39, 0.29) is 11.6 Å². The van der Waals surface area contributed by atoms with Crippen molar-refractivity contribution in [3.05, 3.63) is 107 Å². The highest BCUT2D eigenvalue weighted by Gasteiger charge is 2.29. The van der Waals surface area contributed by atoms with Crippen molar-refractivity contribution >= 4 is 5.91 Å². The van der Waals surface area contributed by atoms with Gasteiger partial charge in [-0.2, -0.15) is 0 Å². The first-order valence-corrected chi connectivity index (χ1v) is 10.1. The highest BCUT2D eigenvalue weighted by Crippen LogP contribution is 2.30. The summed E-state index contributed by atoms with van der Waals surface area (Å²) in [7, 11) is 0. The number of piperazine rings is 1. The standard InChI is InChI=1S/C25H24F2N2O/c1-18-7-9-20(10-8-18)24(19-5-3-2-4-6-19)28-13-15-29(16-14-28)25(30)22-12-11-21(26)17-23(22)27/h2-12,17,24H,13-16H2,1H3/t24-/m0/s1. The Morgan fingerprint density at radius 2 is 1.47 bits per heavy atom. The van der Waals surface area contributed by atoms with Gasteiger partial charge in [0.2, 0.25) is 0 Å². The number of amides is 1. The second-order valence-electron chi connectivity index (χ2n) is 7.68. The van der Waals surface area contributed by atoms with Crippen molar-refractivity contribution < 1.29 is 13.6 Å². The Morgan fingerprint density at radius 1 is 0.833 bits per heavy atom. The monoisotopic (exact) mass is 406 g/mol. The number of nitrogens with zero attached hydrogens (tertiary/aromatic N) is 2. The molecule has 1 heterocycles. The first-order valence-electron chi connectivity index (χ1n) is 10.1. The van der Waals surface area contributed by atoms with Gasteiger partial charge in [0, 0.05) is 32.2 Å². The van der Waals surface area contributed by atoms with E-state index < -0.39 is 17.5 Å². The Balaban J connectivity index is 1.53. The van der Waals surface area contributed by atoms with Crippen LogP contribution < -0.4 is 0 Å². The molecule has 4 rings (SSSR count). The molecule has 5 heteroatoms. The minimum absolute atomic E-state index is 0.0806. The van der Waals surface area contributed by atoms with E-state index in [0.29, 0.717) is 26.2 Å². The molecule has 0 bridgehead atoms. The zero-order chi connectivity index (χ0) is 21.1. The first kappa shape index (κ1) is 20.2. The summed E-state index contributed by atoms with van der Waals surface area (Å²) in [6.45, 7) is 4.39. The van der Waals surface area contributed by atoms with E-state index in [1.807, 2.05) is 18.2 Å². The molecule has 1 aliphatic rings. The normalized spacial score (nSPS) is 15.8. The van der Waals surface area contributed by atoms with Gasteiger partial charge in [-0.1, -0.05) is 60.2 Å². The van der Waals surface area contributed by atoms with Gasteiger partial charge in [0.15, 0.2) is 0 Å². The van der Waals surface area contributed by atoms with Gasteiger partial charge in [-0.25, -0.2) is 8.78 Å². The lowest BCUT2D eigenvalue weighted by Gasteiger charge is -2.40. The third kappa shape index (κ3) is 4.26. The molecular formula is C25H24F2N2O. The van der Waals surface area contributed by atoms with Crippen LogP contribution >= 0.6 is 0 Å². The van der Waals surface area contributed by atoms with E-state index in [9.17, 15) is 13.6 Å². The third-order valence-corrected chi connectivity index (χ3v) is 5.64. The largest absolute Gasteiger partial charge is 0.336 e. The van der Waals surface area contributed by atoms with Crippen molar-refractivity contribution in [2.45, 2.75) is 13.0 Å². The van der Waals surface area contributed by atoms with E-state index in [4.69, 9.17) is 0 Å². The molecule has 0 unspecified atom stereocenters. The Hall–Kier alpha value is -3.05. The molecular weight excluding hydrogens is 382 g/mol. The molecule has 1 aliphatic heterocycles. The smallest absolute Gasteiger partial charge is 0.256 e. The Labute approximate surface area is 175 Å². The van der Waals surface area contributed by atoms with Crippen LogP contribution in [0, 0.1) is 18.6 Å². The summed E-state index contributed by atoms with van der Waals surface area (Å²) in [6, 6.07) is 22.0. The summed E-state index contributed by atoms with van der Waals surface area (Å²) in [5.74, 6) is -1.89. The van der Waals surface area contributed by atoms with Gasteiger partial charge >= 0.3 is 0 Å². The van der Waals surface area contributed by atoms with Gasteiger partial charge in [-0.15, -0.1) is 0 Å². The Kier molecular flexibility index (Phi) is 5.91. The fourth-order valence-electron chi connectivity index (χ4n) is 4.01. The summed E-state index contributed by atoms with van der Waals surface area (Å²) in [6.07, 6.45) is 0. The van der Waals surface area contributed by atoms with Gasteiger partial charge in [-0.3, -0.25) is 9.69 Å². The number of hydrogen-bond acceptors (Lipinski definition) is 2. The summed E-state index contributed by atoms with van der Waals surface area (Å²) in [5.41, 5.74) is 3.53. The predicted octanol–water partition coefficient (Wildman–Crippen LogP) is 4.82. The second-order valence-corrected chi connectivity index (χ2v) is 7.68. The van der Waals surface area contributed by atoms with Crippen LogP contribution in [-0.2, 0) is 0 Å². The molecule has 0 aliphatic carbocycles. The van der Waals surface area contributed by atoms with E-state index >= 15 is 0 Å². The average molecular weight is 406 g/mol. The lowest BCUT2D eigenvalue weighted by molar-refractivity contribution is 0.0593. The lowest BCUT2D eigenvalue weighted by Crippen LogP contribution is -2.50. The summed E-state index contributed by atoms with van der Waals surface area (Å²) >= 11 is 0. The SMILES string of the molecule is Cc1ccc([C@H](c2ccccc2)N2CCN(C(=O)c3ccc(F)cc3F)CC2)cc1. The van der Waals surface area contributed by atoms with Crippen LogP contribution in [-0.4, -0.2) is 41.9 Å². The zero-order valence-corrected chi connectivity index (χ0v) is 16.9. The molecule has 3 aromatic rings. The van der Waals surface area contributed by atoms with Gasteiger partial charge in [0.1, 0.15) is 11.6 Å². The fraction of sp³-hybridized carbons (Fsp3) is 0.240. The van der Waals surface area contributed by atoms with Gasteiger partial charge in [-0.05, 0) is 30.2 Å². The second kappa shape index (κ2) is 8.76. The van der Waals surface area contributed by atoms with Gasteiger partial charge in [0.05, 0.1) is 11.6 Å². The maximum absolute atomic E-state index is 14.0. The first-order chi connectivity index (χ1) is 14.5. The molecule has 1 fully saturated rings. The summed E-state index contributed by atoms with van der Waals surface area (Å²) in [4.78, 5) is 16.7. The van der Waals surface area contributed by atoms with Crippen LogP contribution in [0.5, 0.6) is 0 Å². The number of hydrogen-bond donors (Lipinski definition) is 0. The van der Waals surface area contributed by atoms with Gasteiger partial charge in [0.25, 0.3) is 5.91 Å². The highest BCUT2D eigenvalue weighted by atomic mass is 19.1. The maximum atomic E-state index is 14.0. The quantitative estimate of drug-likeness (QED) is 0.620. The van der Waals surface area contributed by atoms with E-state index in [2.05, 4.69) is 48.2 Å². The van der Waals surface area contributed by atoms with E-state index in [1.54, 1.807) is 4.90 Å². The van der Waals surface area contributed by atoms with Crippen LogP contribution in [0.3, 0.4) is 0 Å². The average Bonchev–Trinajstić information content (AvgIpc) is 2.76. The maximum Gasteiger partial charge on any atom is 0.256 e. The molecule has 0 spiro atoms. The summed E-state index contributed by atoms with van der Waals surface area (Å²) in [5, 5.41) is 0. The van der Waals surface area contributed by atoms with Gasteiger partial charge < -0.3 is 4.90 Å². The summed E-state index contributed by atoms with van der Waals surface area (Å²) < 4.78 is 27.2. The zero-order valence-electron chi connectivity index (χ0n) is 16.9. The molecule has 0 aromatic heterocycles. The predicted molar refractivity (Wildman–Crippen MR) is 113 cm³/mol. The molecule has 3 nitrogen and oxygen atoms in total. The number of halogens is 2. The van der Waals surface area contributed by atoms with Crippen molar-refractivity contribution in [3.63, 3.8) is 0 Å². The Bertz CT molecular complexity index is 1010. The number of rotatable bonds is 4. The van der Waals surface area contributed by atoms with Crippen molar-refractivity contribution in [1.29, 1.82) is 0 Å². The molecule has 0 radical (unpaired) electrons. The number of carbonyl (C=O) groups excluding carboxylic acids is 1. The molecule has 1 atom stereocenters. The lowest BCUT2D eigenvalue weighted by atomic mass is 9.95. The van der Waals surface area contributed by atoms with Crippen molar-refractivity contribution in [3.8, 4) is 0 Å². The van der Waals surface area contributed by atoms with Crippen LogP contribution in [0.4, 0.5) is 8.78 Å². The number of aryl methyl sites for hydroxylation is 1. The molecule has 0 saturated carbocycles. The molecule has 154 valence electrons. The van der Waals surface area contributed by atoms with Crippen molar-refractivity contribution in [2.75, 3.05) is 26.2 Å².